The Labute approximate surface area is 194 Å². The molecule has 1 saturated heterocycles. The molecule has 174 valence electrons. The fourth-order valence-corrected chi connectivity index (χ4v) is 4.92. The molecule has 9 heteroatoms. The van der Waals surface area contributed by atoms with Crippen molar-refractivity contribution in [2.45, 2.75) is 38.6 Å². The normalized spacial score (nSPS) is 17.8. The number of hydrogen-bond acceptors (Lipinski definition) is 4. The number of amides is 1. The predicted molar refractivity (Wildman–Crippen MR) is 121 cm³/mol. The summed E-state index contributed by atoms with van der Waals surface area (Å²) in [5.74, 6) is -1.68. The highest BCUT2D eigenvalue weighted by atomic mass is 19.1. The van der Waals surface area contributed by atoms with Gasteiger partial charge in [0.25, 0.3) is 5.91 Å². The number of carbonyl (C=O) groups is 1. The van der Waals surface area contributed by atoms with Crippen LogP contribution in [0.4, 0.5) is 8.78 Å². The molecule has 7 nitrogen and oxygen atoms in total. The van der Waals surface area contributed by atoms with Gasteiger partial charge >= 0.3 is 0 Å². The van der Waals surface area contributed by atoms with Crippen LogP contribution in [0.1, 0.15) is 34.5 Å². The van der Waals surface area contributed by atoms with Crippen molar-refractivity contribution in [3.05, 3.63) is 71.2 Å². The van der Waals surface area contributed by atoms with E-state index in [0.29, 0.717) is 23.4 Å². The van der Waals surface area contributed by atoms with E-state index in [2.05, 4.69) is 10.2 Å². The van der Waals surface area contributed by atoms with E-state index in [1.165, 1.54) is 17.0 Å². The van der Waals surface area contributed by atoms with Crippen LogP contribution in [0.15, 0.2) is 42.7 Å². The number of aryl methyl sites for hydroxylation is 1. The van der Waals surface area contributed by atoms with E-state index in [1.54, 1.807) is 16.4 Å². The molecule has 2 aliphatic rings. The van der Waals surface area contributed by atoms with E-state index in [-0.39, 0.29) is 30.7 Å². The Bertz CT molecular complexity index is 1400. The van der Waals surface area contributed by atoms with Gasteiger partial charge in [0.15, 0.2) is 5.69 Å². The highest BCUT2D eigenvalue weighted by Gasteiger charge is 2.33. The number of carbonyl (C=O) groups excluding carboxylic acids is 1. The van der Waals surface area contributed by atoms with Crippen LogP contribution in [-0.2, 0) is 31.4 Å². The van der Waals surface area contributed by atoms with E-state index < -0.39 is 11.6 Å². The monoisotopic (exact) mass is 463 g/mol. The zero-order valence-electron chi connectivity index (χ0n) is 18.7. The van der Waals surface area contributed by atoms with Gasteiger partial charge in [0, 0.05) is 42.6 Å². The van der Waals surface area contributed by atoms with Gasteiger partial charge < -0.3 is 9.64 Å². The lowest BCUT2D eigenvalue weighted by Gasteiger charge is -2.18. The summed E-state index contributed by atoms with van der Waals surface area (Å²) in [5, 5.41) is 9.58. The molecule has 2 aromatic heterocycles. The van der Waals surface area contributed by atoms with Crippen LogP contribution in [-0.4, -0.2) is 43.1 Å². The van der Waals surface area contributed by atoms with Crippen molar-refractivity contribution in [1.29, 1.82) is 0 Å². The van der Waals surface area contributed by atoms with Gasteiger partial charge in [-0.2, -0.15) is 10.2 Å². The minimum atomic E-state index is -0.684. The first-order valence-corrected chi connectivity index (χ1v) is 11.3. The van der Waals surface area contributed by atoms with Gasteiger partial charge in [0.1, 0.15) is 11.6 Å². The topological polar surface area (TPSA) is 65.2 Å². The first kappa shape index (κ1) is 21.0. The van der Waals surface area contributed by atoms with E-state index >= 15 is 8.78 Å². The molecule has 0 saturated carbocycles. The molecule has 4 heterocycles. The quantitative estimate of drug-likeness (QED) is 0.448. The molecule has 34 heavy (non-hydrogen) atoms. The maximum absolute atomic E-state index is 15.1. The lowest BCUT2D eigenvalue weighted by molar-refractivity contribution is 0.0749. The van der Waals surface area contributed by atoms with Crippen molar-refractivity contribution in [2.75, 3.05) is 6.61 Å². The van der Waals surface area contributed by atoms with Gasteiger partial charge in [-0.25, -0.2) is 8.78 Å². The number of aromatic nitrogens is 4. The predicted octanol–water partition coefficient (Wildman–Crippen LogP) is 4.05. The van der Waals surface area contributed by atoms with Crippen molar-refractivity contribution in [2.24, 2.45) is 7.05 Å². The van der Waals surface area contributed by atoms with Gasteiger partial charge in [-0.15, -0.1) is 0 Å². The number of rotatable bonds is 5. The molecule has 1 unspecified atom stereocenters. The first-order chi connectivity index (χ1) is 16.5. The molecule has 0 spiro atoms. The average molecular weight is 463 g/mol. The molecule has 0 aliphatic carbocycles. The fourth-order valence-electron chi connectivity index (χ4n) is 4.92. The van der Waals surface area contributed by atoms with E-state index in [4.69, 9.17) is 4.74 Å². The van der Waals surface area contributed by atoms with Gasteiger partial charge in [0.2, 0.25) is 0 Å². The summed E-state index contributed by atoms with van der Waals surface area (Å²) < 4.78 is 39.2. The molecular formula is C25H23F2N5O2. The van der Waals surface area contributed by atoms with Crippen LogP contribution in [0.25, 0.3) is 22.0 Å². The molecule has 2 aromatic carbocycles. The number of benzene rings is 2. The van der Waals surface area contributed by atoms with Crippen molar-refractivity contribution in [3.8, 4) is 11.1 Å². The van der Waals surface area contributed by atoms with E-state index in [9.17, 15) is 4.79 Å². The summed E-state index contributed by atoms with van der Waals surface area (Å²) in [6, 6.07) is 8.13. The van der Waals surface area contributed by atoms with Crippen LogP contribution in [0, 0.1) is 11.6 Å². The molecule has 1 fully saturated rings. The highest BCUT2D eigenvalue weighted by Crippen LogP contribution is 2.32. The molecule has 0 bridgehead atoms. The van der Waals surface area contributed by atoms with Crippen LogP contribution in [0.3, 0.4) is 0 Å². The number of fused-ring (bicyclic) bond motifs is 2. The second-order valence-electron chi connectivity index (χ2n) is 8.98. The summed E-state index contributed by atoms with van der Waals surface area (Å²) in [4.78, 5) is 14.3. The first-order valence-electron chi connectivity index (χ1n) is 11.3. The minimum Gasteiger partial charge on any atom is -0.376 e. The summed E-state index contributed by atoms with van der Waals surface area (Å²) in [6.07, 6.45) is 5.79. The lowest BCUT2D eigenvalue weighted by Crippen LogP contribution is -2.26. The molecule has 4 aromatic rings. The van der Waals surface area contributed by atoms with Crippen molar-refractivity contribution in [1.82, 2.24) is 24.5 Å². The van der Waals surface area contributed by atoms with Crippen molar-refractivity contribution in [3.63, 3.8) is 0 Å². The number of nitrogens with zero attached hydrogens (tertiary/aromatic N) is 5. The Morgan fingerprint density at radius 3 is 2.71 bits per heavy atom. The van der Waals surface area contributed by atoms with Gasteiger partial charge in [0.05, 0.1) is 31.3 Å². The molecule has 6 rings (SSSR count). The maximum atomic E-state index is 15.1. The van der Waals surface area contributed by atoms with Gasteiger partial charge in [-0.1, -0.05) is 12.1 Å². The smallest absolute Gasteiger partial charge is 0.275 e. The second-order valence-corrected chi connectivity index (χ2v) is 8.98. The summed E-state index contributed by atoms with van der Waals surface area (Å²) >= 11 is 0. The molecule has 2 aliphatic heterocycles. The summed E-state index contributed by atoms with van der Waals surface area (Å²) in [7, 11) is 1.80. The zero-order valence-corrected chi connectivity index (χ0v) is 18.7. The van der Waals surface area contributed by atoms with Crippen LogP contribution in [0.2, 0.25) is 0 Å². The maximum Gasteiger partial charge on any atom is 0.275 e. The molecule has 1 atom stereocenters. The SMILES string of the molecule is Cn1cc2c(-c3cc(F)c(CN4Cc5cn(CC6CCCO6)nc5C4=O)c(F)c3)cccc2n1. The molecule has 0 N–H and O–H groups in total. The third-order valence-electron chi connectivity index (χ3n) is 6.57. The van der Waals surface area contributed by atoms with E-state index in [0.717, 1.165) is 35.9 Å². The van der Waals surface area contributed by atoms with Crippen LogP contribution >= 0.6 is 0 Å². The Kier molecular flexibility index (Phi) is 4.95. The molecule has 1 amide bonds. The summed E-state index contributed by atoms with van der Waals surface area (Å²) in [5.41, 5.74) is 2.86. The Hall–Kier alpha value is -3.59. The largest absolute Gasteiger partial charge is 0.376 e. The summed E-state index contributed by atoms with van der Waals surface area (Å²) in [6.45, 7) is 1.48. The van der Waals surface area contributed by atoms with Crippen molar-refractivity contribution < 1.29 is 18.3 Å². The van der Waals surface area contributed by atoms with Crippen LogP contribution in [0.5, 0.6) is 0 Å². The van der Waals surface area contributed by atoms with Crippen LogP contribution < -0.4 is 0 Å². The average Bonchev–Trinajstić information content (AvgIpc) is 3.57. The fraction of sp³-hybridized carbons (Fsp3) is 0.320. The zero-order chi connectivity index (χ0) is 23.4. The molecular weight excluding hydrogens is 440 g/mol. The van der Waals surface area contributed by atoms with E-state index in [1.807, 2.05) is 30.6 Å². The number of ether oxygens (including phenoxy) is 1. The van der Waals surface area contributed by atoms with Gasteiger partial charge in [-0.05, 0) is 42.2 Å². The Morgan fingerprint density at radius 1 is 1.15 bits per heavy atom. The Morgan fingerprint density at radius 2 is 1.97 bits per heavy atom. The Balaban J connectivity index is 1.23. The highest BCUT2D eigenvalue weighted by molar-refractivity contribution is 5.96. The van der Waals surface area contributed by atoms with Gasteiger partial charge in [-0.3, -0.25) is 14.2 Å². The number of hydrogen-bond donors (Lipinski definition) is 0. The third-order valence-corrected chi connectivity index (χ3v) is 6.57. The standard InChI is InChI=1S/C25H23F2N5O2/c1-30-13-19-18(5-2-6-23(19)28-30)15-8-21(26)20(22(27)9-15)14-31-10-16-11-32(29-24(16)25(31)33)12-17-4-3-7-34-17/h2,5-6,8-9,11,13,17H,3-4,7,10,12,14H2,1H3. The second kappa shape index (κ2) is 8.02. The van der Waals surface area contributed by atoms with Crippen molar-refractivity contribution >= 4 is 16.8 Å². The lowest BCUT2D eigenvalue weighted by atomic mass is 9.99. The third kappa shape index (κ3) is 3.56. The minimum absolute atomic E-state index is 0.116. The number of halogens is 2. The molecule has 0 radical (unpaired) electrons.